The molecule has 0 saturated carbocycles. The lowest BCUT2D eigenvalue weighted by Crippen LogP contribution is -2.56. The number of rotatable bonds is 4. The third kappa shape index (κ3) is 6.70. The summed E-state index contributed by atoms with van der Waals surface area (Å²) in [5.74, 6) is -0.487. The van der Waals surface area contributed by atoms with Crippen molar-refractivity contribution in [1.82, 2.24) is 10.6 Å². The molecule has 1 aromatic carbocycles. The monoisotopic (exact) mass is 367 g/mol. The van der Waals surface area contributed by atoms with Gasteiger partial charge in [-0.05, 0) is 24.4 Å². The highest BCUT2D eigenvalue weighted by molar-refractivity contribution is 7.80. The zero-order valence-electron chi connectivity index (χ0n) is 11.5. The molecule has 0 radical (unpaired) electrons. The molecule has 0 aliphatic carbocycles. The maximum absolute atomic E-state index is 11.7. The molecule has 0 heterocycles. The van der Waals surface area contributed by atoms with E-state index in [4.69, 9.17) is 47.0 Å². The predicted molar refractivity (Wildman–Crippen MR) is 92.9 cm³/mol. The average molecular weight is 369 g/mol. The van der Waals surface area contributed by atoms with E-state index in [1.165, 1.54) is 0 Å². The number of para-hydroxylation sites is 1. The van der Waals surface area contributed by atoms with Gasteiger partial charge in [-0.1, -0.05) is 66.8 Å². The average Bonchev–Trinajstić information content (AvgIpc) is 2.37. The van der Waals surface area contributed by atoms with Crippen molar-refractivity contribution in [3.8, 4) is 0 Å². The minimum Gasteiger partial charge on any atom is -0.339 e. The Morgan fingerprint density at radius 2 is 1.71 bits per heavy atom. The van der Waals surface area contributed by atoms with E-state index in [-0.39, 0.29) is 16.9 Å². The van der Waals surface area contributed by atoms with Gasteiger partial charge >= 0.3 is 0 Å². The summed E-state index contributed by atoms with van der Waals surface area (Å²) in [7, 11) is 0. The summed E-state index contributed by atoms with van der Waals surface area (Å²) in [6.45, 7) is 3.48. The number of hydrogen-bond donors (Lipinski definition) is 3. The molecular weight excluding hydrogens is 353 g/mol. The van der Waals surface area contributed by atoms with Crippen molar-refractivity contribution in [2.24, 2.45) is 5.92 Å². The molecule has 0 aromatic heterocycles. The quantitative estimate of drug-likeness (QED) is 0.433. The summed E-state index contributed by atoms with van der Waals surface area (Å²) in [4.78, 5) is 11.7. The Kier molecular flexibility index (Phi) is 7.00. The van der Waals surface area contributed by atoms with Gasteiger partial charge in [-0.2, -0.15) is 0 Å². The first kappa shape index (κ1) is 18.3. The highest BCUT2D eigenvalue weighted by Gasteiger charge is 2.35. The fourth-order valence-electron chi connectivity index (χ4n) is 1.33. The van der Waals surface area contributed by atoms with E-state index in [2.05, 4.69) is 16.0 Å². The molecule has 0 fully saturated rings. The number of thiocarbonyl (C=S) groups is 1. The van der Waals surface area contributed by atoms with Crippen LogP contribution < -0.4 is 16.0 Å². The summed E-state index contributed by atoms with van der Waals surface area (Å²) in [5, 5.41) is 8.56. The molecule has 0 aliphatic rings. The molecule has 0 saturated heterocycles. The van der Waals surface area contributed by atoms with Crippen LogP contribution >= 0.6 is 47.0 Å². The molecular formula is C13H16Cl3N3OS. The number of halogens is 3. The van der Waals surface area contributed by atoms with Crippen LogP contribution in [0.1, 0.15) is 13.8 Å². The minimum absolute atomic E-state index is 0.238. The van der Waals surface area contributed by atoms with Gasteiger partial charge in [0, 0.05) is 11.6 Å². The number of nitrogens with one attached hydrogen (secondary N) is 3. The molecule has 1 amide bonds. The fraction of sp³-hybridized carbons (Fsp3) is 0.385. The Balaban J connectivity index is 2.68. The van der Waals surface area contributed by atoms with Crippen LogP contribution in [0.5, 0.6) is 0 Å². The largest absolute Gasteiger partial charge is 0.339 e. The SMILES string of the molecule is CC(C)C(=O)N[C@@H](NC(=S)Nc1ccccc1)C(Cl)(Cl)Cl. The van der Waals surface area contributed by atoms with Gasteiger partial charge in [0.1, 0.15) is 6.17 Å². The summed E-state index contributed by atoms with van der Waals surface area (Å²) in [6, 6.07) is 9.28. The molecule has 0 spiro atoms. The highest BCUT2D eigenvalue weighted by atomic mass is 35.6. The standard InChI is InChI=1S/C13H16Cl3N3OS/c1-8(2)10(20)18-11(13(14,15)16)19-12(21)17-9-6-4-3-5-7-9/h3-8,11H,1-2H3,(H,18,20)(H2,17,19,21)/t11-/m0/s1. The smallest absolute Gasteiger partial charge is 0.228 e. The summed E-state index contributed by atoms with van der Waals surface area (Å²) >= 11 is 22.7. The van der Waals surface area contributed by atoms with Gasteiger partial charge in [-0.15, -0.1) is 0 Å². The van der Waals surface area contributed by atoms with Gasteiger partial charge in [-0.3, -0.25) is 4.79 Å². The van der Waals surface area contributed by atoms with Crippen molar-refractivity contribution in [2.75, 3.05) is 5.32 Å². The van der Waals surface area contributed by atoms with Crippen molar-refractivity contribution in [3.63, 3.8) is 0 Å². The fourth-order valence-corrected chi connectivity index (χ4v) is 1.89. The Morgan fingerprint density at radius 1 is 1.14 bits per heavy atom. The molecule has 1 atom stereocenters. The Labute approximate surface area is 144 Å². The van der Waals surface area contributed by atoms with Gasteiger partial charge in [0.05, 0.1) is 0 Å². The number of carbonyl (C=O) groups is 1. The van der Waals surface area contributed by atoms with Gasteiger partial charge < -0.3 is 16.0 Å². The van der Waals surface area contributed by atoms with E-state index >= 15 is 0 Å². The van der Waals surface area contributed by atoms with Crippen LogP contribution in [0.15, 0.2) is 30.3 Å². The Morgan fingerprint density at radius 3 is 2.19 bits per heavy atom. The van der Waals surface area contributed by atoms with Gasteiger partial charge in [-0.25, -0.2) is 0 Å². The van der Waals surface area contributed by atoms with Crippen LogP contribution in [0.2, 0.25) is 0 Å². The van der Waals surface area contributed by atoms with Crippen LogP contribution in [-0.4, -0.2) is 21.0 Å². The first-order valence-electron chi connectivity index (χ1n) is 6.20. The van der Waals surface area contributed by atoms with Crippen LogP contribution in [-0.2, 0) is 4.79 Å². The molecule has 1 aromatic rings. The van der Waals surface area contributed by atoms with Crippen LogP contribution in [0.3, 0.4) is 0 Å². The maximum atomic E-state index is 11.7. The molecule has 21 heavy (non-hydrogen) atoms. The van der Waals surface area contributed by atoms with E-state index in [9.17, 15) is 4.79 Å². The summed E-state index contributed by atoms with van der Waals surface area (Å²) in [6.07, 6.45) is -0.943. The van der Waals surface area contributed by atoms with E-state index in [0.29, 0.717) is 0 Å². The normalized spacial score (nSPS) is 12.7. The first-order valence-corrected chi connectivity index (χ1v) is 7.74. The lowest BCUT2D eigenvalue weighted by molar-refractivity contribution is -0.124. The lowest BCUT2D eigenvalue weighted by Gasteiger charge is -2.28. The third-order valence-corrected chi connectivity index (χ3v) is 3.32. The zero-order chi connectivity index (χ0) is 16.0. The summed E-state index contributed by atoms with van der Waals surface area (Å²) in [5.41, 5.74) is 0.785. The molecule has 0 unspecified atom stereocenters. The molecule has 116 valence electrons. The molecule has 4 nitrogen and oxygen atoms in total. The van der Waals surface area contributed by atoms with Crippen molar-refractivity contribution in [3.05, 3.63) is 30.3 Å². The van der Waals surface area contributed by atoms with E-state index in [0.717, 1.165) is 5.69 Å². The zero-order valence-corrected chi connectivity index (χ0v) is 14.6. The number of carbonyl (C=O) groups excluding carboxylic acids is 1. The second kappa shape index (κ2) is 8.03. The van der Waals surface area contributed by atoms with Crippen LogP contribution in [0, 0.1) is 5.92 Å². The minimum atomic E-state index is -1.74. The second-order valence-electron chi connectivity index (χ2n) is 4.60. The molecule has 8 heteroatoms. The molecule has 3 N–H and O–H groups in total. The maximum Gasteiger partial charge on any atom is 0.228 e. The second-order valence-corrected chi connectivity index (χ2v) is 7.38. The third-order valence-electron chi connectivity index (χ3n) is 2.45. The Bertz CT molecular complexity index is 491. The Hall–Kier alpha value is -0.750. The van der Waals surface area contributed by atoms with Gasteiger partial charge in [0.2, 0.25) is 9.70 Å². The number of anilines is 1. The highest BCUT2D eigenvalue weighted by Crippen LogP contribution is 2.29. The van der Waals surface area contributed by atoms with Crippen molar-refractivity contribution < 1.29 is 4.79 Å². The topological polar surface area (TPSA) is 53.2 Å². The van der Waals surface area contributed by atoms with Crippen molar-refractivity contribution in [2.45, 2.75) is 23.8 Å². The molecule has 0 bridgehead atoms. The number of hydrogen-bond acceptors (Lipinski definition) is 2. The lowest BCUT2D eigenvalue weighted by atomic mass is 10.2. The van der Waals surface area contributed by atoms with Gasteiger partial charge in [0.15, 0.2) is 5.11 Å². The number of amides is 1. The summed E-state index contributed by atoms with van der Waals surface area (Å²) < 4.78 is -1.74. The van der Waals surface area contributed by atoms with Crippen LogP contribution in [0.25, 0.3) is 0 Å². The number of benzene rings is 1. The number of alkyl halides is 3. The van der Waals surface area contributed by atoms with Gasteiger partial charge in [0.25, 0.3) is 0 Å². The van der Waals surface area contributed by atoms with E-state index in [1.807, 2.05) is 30.3 Å². The first-order chi connectivity index (χ1) is 9.70. The van der Waals surface area contributed by atoms with E-state index in [1.54, 1.807) is 13.8 Å². The molecule has 1 rings (SSSR count). The molecule has 0 aliphatic heterocycles. The predicted octanol–water partition coefficient (Wildman–Crippen LogP) is 3.44. The van der Waals surface area contributed by atoms with Crippen LogP contribution in [0.4, 0.5) is 5.69 Å². The van der Waals surface area contributed by atoms with Crippen molar-refractivity contribution >= 4 is 63.7 Å². The van der Waals surface area contributed by atoms with Crippen molar-refractivity contribution in [1.29, 1.82) is 0 Å². The van der Waals surface area contributed by atoms with E-state index < -0.39 is 9.96 Å².